The molecule has 0 bridgehead atoms. The lowest BCUT2D eigenvalue weighted by molar-refractivity contribution is 0.669. The van der Waals surface area contributed by atoms with Crippen LogP contribution in [-0.2, 0) is 0 Å². The minimum absolute atomic E-state index is 0.896. The Morgan fingerprint density at radius 1 is 0.378 bits per heavy atom. The van der Waals surface area contributed by atoms with Gasteiger partial charge in [0, 0.05) is 21.5 Å². The molecule has 0 radical (unpaired) electrons. The first kappa shape index (κ1) is 23.4. The van der Waals surface area contributed by atoms with Gasteiger partial charge in [0.05, 0.1) is 38.7 Å². The third-order valence-electron chi connectivity index (χ3n) is 9.83. The van der Waals surface area contributed by atoms with E-state index in [4.69, 9.17) is 4.42 Å². The van der Waals surface area contributed by atoms with Crippen LogP contribution < -0.4 is 0 Å². The topological polar surface area (TPSA) is 22.5 Å². The Labute approximate surface area is 256 Å². The van der Waals surface area contributed by atoms with Crippen LogP contribution in [0.1, 0.15) is 0 Å². The van der Waals surface area contributed by atoms with Crippen LogP contribution >= 0.6 is 0 Å². The number of aromatic nitrogens is 2. The predicted molar refractivity (Wildman–Crippen MR) is 189 cm³/mol. The van der Waals surface area contributed by atoms with Crippen molar-refractivity contribution in [1.82, 2.24) is 8.97 Å². The van der Waals surface area contributed by atoms with E-state index in [0.29, 0.717) is 0 Å². The first-order valence-electron chi connectivity index (χ1n) is 15.5. The summed E-state index contributed by atoms with van der Waals surface area (Å²) in [6.45, 7) is 0. The second-order valence-corrected chi connectivity index (χ2v) is 12.1. The lowest BCUT2D eigenvalue weighted by Crippen LogP contribution is -1.94. The van der Waals surface area contributed by atoms with Crippen LogP contribution in [0.25, 0.3) is 98.3 Å². The van der Waals surface area contributed by atoms with E-state index in [-0.39, 0.29) is 0 Å². The van der Waals surface area contributed by atoms with Gasteiger partial charge in [0.15, 0.2) is 0 Å². The van der Waals surface area contributed by atoms with Crippen LogP contribution in [0.4, 0.5) is 0 Å². The average Bonchev–Trinajstić information content (AvgIpc) is 3.73. The maximum Gasteiger partial charge on any atom is 0.137 e. The van der Waals surface area contributed by atoms with Crippen LogP contribution in [-0.4, -0.2) is 8.97 Å². The van der Waals surface area contributed by atoms with Gasteiger partial charge in [0.25, 0.3) is 0 Å². The molecule has 3 nitrogen and oxygen atoms in total. The molecule has 0 fully saturated rings. The molecular formula is C42H24N2O. The highest BCUT2D eigenvalue weighted by molar-refractivity contribution is 6.30. The van der Waals surface area contributed by atoms with E-state index in [1.165, 1.54) is 70.7 Å². The Bertz CT molecular complexity index is 3040. The van der Waals surface area contributed by atoms with Crippen molar-refractivity contribution < 1.29 is 4.42 Å². The van der Waals surface area contributed by atoms with Gasteiger partial charge in [0.2, 0.25) is 0 Å². The summed E-state index contributed by atoms with van der Waals surface area (Å²) in [5.74, 6) is 0. The molecule has 4 heterocycles. The van der Waals surface area contributed by atoms with Crippen LogP contribution in [0.15, 0.2) is 150 Å². The Balaban J connectivity index is 1.46. The number of fused-ring (bicyclic) bond motifs is 12. The monoisotopic (exact) mass is 572 g/mol. The molecule has 11 aromatic rings. The number of para-hydroxylation sites is 2. The first-order valence-corrected chi connectivity index (χ1v) is 15.5. The Morgan fingerprint density at radius 2 is 0.978 bits per heavy atom. The molecule has 0 spiro atoms. The quantitative estimate of drug-likeness (QED) is 0.192. The lowest BCUT2D eigenvalue weighted by atomic mass is 10.0. The second kappa shape index (κ2) is 8.31. The van der Waals surface area contributed by atoms with E-state index >= 15 is 0 Å². The van der Waals surface area contributed by atoms with Crippen molar-refractivity contribution in [3.8, 4) is 5.69 Å². The number of rotatable bonds is 1. The van der Waals surface area contributed by atoms with E-state index in [1.54, 1.807) is 0 Å². The summed E-state index contributed by atoms with van der Waals surface area (Å²) >= 11 is 0. The van der Waals surface area contributed by atoms with E-state index < -0.39 is 0 Å². The zero-order valence-corrected chi connectivity index (χ0v) is 24.2. The van der Waals surface area contributed by atoms with Crippen LogP contribution in [0.2, 0.25) is 0 Å². The summed E-state index contributed by atoms with van der Waals surface area (Å²) in [5, 5.41) is 12.1. The fourth-order valence-corrected chi connectivity index (χ4v) is 8.03. The number of benzene rings is 7. The normalized spacial score (nSPS) is 12.4. The van der Waals surface area contributed by atoms with E-state index in [0.717, 1.165) is 27.6 Å². The molecule has 0 saturated heterocycles. The van der Waals surface area contributed by atoms with Crippen molar-refractivity contribution in [2.24, 2.45) is 0 Å². The number of furan rings is 1. The molecule has 208 valence electrons. The second-order valence-electron chi connectivity index (χ2n) is 12.1. The molecule has 0 unspecified atom stereocenters. The summed E-state index contributed by atoms with van der Waals surface area (Å²) in [5.41, 5.74) is 8.97. The fraction of sp³-hybridized carbons (Fsp3) is 0. The van der Waals surface area contributed by atoms with Gasteiger partial charge in [-0.2, -0.15) is 0 Å². The largest absolute Gasteiger partial charge is 0.456 e. The molecular weight excluding hydrogens is 548 g/mol. The molecule has 45 heavy (non-hydrogen) atoms. The number of hydrogen-bond donors (Lipinski definition) is 0. The molecule has 0 aliphatic heterocycles. The summed E-state index contributed by atoms with van der Waals surface area (Å²) in [7, 11) is 0. The summed E-state index contributed by atoms with van der Waals surface area (Å²) in [4.78, 5) is 0. The van der Waals surface area contributed by atoms with Gasteiger partial charge in [0.1, 0.15) is 11.2 Å². The van der Waals surface area contributed by atoms with Gasteiger partial charge in [-0.25, -0.2) is 0 Å². The van der Waals surface area contributed by atoms with E-state index in [9.17, 15) is 0 Å². The summed E-state index contributed by atoms with van der Waals surface area (Å²) < 4.78 is 11.6. The maximum atomic E-state index is 6.57. The summed E-state index contributed by atoms with van der Waals surface area (Å²) in [6, 6.07) is 52.8. The number of nitrogens with zero attached hydrogens (tertiary/aromatic N) is 2. The van der Waals surface area contributed by atoms with E-state index in [1.807, 2.05) is 0 Å². The van der Waals surface area contributed by atoms with Gasteiger partial charge in [-0.3, -0.25) is 0 Å². The summed E-state index contributed by atoms with van der Waals surface area (Å²) in [6.07, 6.45) is 0. The highest BCUT2D eigenvalue weighted by Gasteiger charge is 2.24. The number of hydrogen-bond acceptors (Lipinski definition) is 1. The van der Waals surface area contributed by atoms with Crippen LogP contribution in [0.5, 0.6) is 0 Å². The SMILES string of the molecule is c1ccc2cc3c(cc2c1)oc1cccc(-n2c4cccc5c6ccccc6c6ccccc6n6c7ccccc7c2c6c54)c13. The molecule has 3 heteroatoms. The average molecular weight is 573 g/mol. The van der Waals surface area contributed by atoms with E-state index in [2.05, 4.69) is 155 Å². The third-order valence-corrected chi connectivity index (χ3v) is 9.83. The Kier molecular flexibility index (Phi) is 4.32. The van der Waals surface area contributed by atoms with Crippen molar-refractivity contribution in [2.45, 2.75) is 0 Å². The molecule has 11 rings (SSSR count). The van der Waals surface area contributed by atoms with Crippen LogP contribution in [0, 0.1) is 0 Å². The fourth-order valence-electron chi connectivity index (χ4n) is 8.03. The molecule has 0 saturated carbocycles. The van der Waals surface area contributed by atoms with Crippen molar-refractivity contribution >= 4 is 92.6 Å². The molecule has 7 aromatic carbocycles. The first-order chi connectivity index (χ1) is 22.3. The van der Waals surface area contributed by atoms with Gasteiger partial charge in [-0.15, -0.1) is 0 Å². The van der Waals surface area contributed by atoms with Crippen LogP contribution in [0.3, 0.4) is 0 Å². The zero-order valence-electron chi connectivity index (χ0n) is 24.2. The maximum absolute atomic E-state index is 6.57. The Morgan fingerprint density at radius 3 is 1.80 bits per heavy atom. The van der Waals surface area contributed by atoms with Crippen molar-refractivity contribution in [2.75, 3.05) is 0 Å². The van der Waals surface area contributed by atoms with Gasteiger partial charge in [-0.05, 0) is 69.4 Å². The zero-order chi connectivity index (χ0) is 29.2. The highest BCUT2D eigenvalue weighted by Crippen LogP contribution is 2.46. The standard InChI is InChI=1S/C42H24N2O/c1-2-12-26-24-38-32(23-25(26)11-1)39-35(21-10-22-37(39)45-38)44-36-20-9-17-30-28-14-4-3-13-27(28)29-15-5-7-18-33(29)43-34-19-8-6-16-31(34)41(44)42(43)40(30)36/h1-24H. The van der Waals surface area contributed by atoms with Crippen molar-refractivity contribution in [3.05, 3.63) is 146 Å². The highest BCUT2D eigenvalue weighted by atomic mass is 16.3. The smallest absolute Gasteiger partial charge is 0.137 e. The van der Waals surface area contributed by atoms with Gasteiger partial charge >= 0.3 is 0 Å². The minimum atomic E-state index is 0.896. The molecule has 0 atom stereocenters. The lowest BCUT2D eigenvalue weighted by Gasteiger charge is -2.11. The van der Waals surface area contributed by atoms with Crippen molar-refractivity contribution in [1.29, 1.82) is 0 Å². The van der Waals surface area contributed by atoms with Gasteiger partial charge < -0.3 is 13.4 Å². The molecule has 0 N–H and O–H groups in total. The van der Waals surface area contributed by atoms with Crippen molar-refractivity contribution in [3.63, 3.8) is 0 Å². The molecule has 4 aromatic heterocycles. The molecule has 0 aliphatic rings. The third kappa shape index (κ3) is 2.90. The Hall–Kier alpha value is -6.06. The molecule has 0 aliphatic carbocycles. The van der Waals surface area contributed by atoms with Gasteiger partial charge in [-0.1, -0.05) is 103 Å². The minimum Gasteiger partial charge on any atom is -0.456 e. The molecule has 0 amide bonds. The predicted octanol–water partition coefficient (Wildman–Crippen LogP) is 11.5.